The van der Waals surface area contributed by atoms with Gasteiger partial charge >= 0.3 is 5.97 Å². The largest absolute Gasteiger partial charge is 0.480 e. The Labute approximate surface area is 169 Å². The van der Waals surface area contributed by atoms with Crippen molar-refractivity contribution in [2.75, 3.05) is 7.11 Å². The Morgan fingerprint density at radius 2 is 2.07 bits per heavy atom. The highest BCUT2D eigenvalue weighted by molar-refractivity contribution is 6.01. The molecule has 2 aromatic rings. The monoisotopic (exact) mass is 390 g/mol. The molecule has 5 nitrogen and oxygen atoms in total. The molecule has 0 radical (unpaired) electrons. The van der Waals surface area contributed by atoms with Gasteiger partial charge < -0.3 is 18.9 Å². The van der Waals surface area contributed by atoms with Gasteiger partial charge in [-0.15, -0.1) is 0 Å². The second-order valence-electron chi connectivity index (χ2n) is 6.80. The van der Waals surface area contributed by atoms with Gasteiger partial charge in [0.1, 0.15) is 30.1 Å². The van der Waals surface area contributed by atoms with Gasteiger partial charge in [0.2, 0.25) is 0 Å². The van der Waals surface area contributed by atoms with Crippen molar-refractivity contribution in [2.24, 2.45) is 0 Å². The van der Waals surface area contributed by atoms with Gasteiger partial charge in [0.05, 0.1) is 7.11 Å². The summed E-state index contributed by atoms with van der Waals surface area (Å²) in [5, 5.41) is 1.81. The summed E-state index contributed by atoms with van der Waals surface area (Å²) < 4.78 is 22.4. The fourth-order valence-electron chi connectivity index (χ4n) is 3.47. The Balaban J connectivity index is 1.75. The number of allylic oxidation sites excluding steroid dienone is 3. The van der Waals surface area contributed by atoms with Gasteiger partial charge in [0, 0.05) is 11.8 Å². The molecule has 1 heterocycles. The van der Waals surface area contributed by atoms with Crippen molar-refractivity contribution in [3.63, 3.8) is 0 Å². The Hall–Kier alpha value is -3.47. The summed E-state index contributed by atoms with van der Waals surface area (Å²) in [4.78, 5) is 12.4. The number of ether oxygens (including phenoxy) is 4. The lowest BCUT2D eigenvalue weighted by Gasteiger charge is -2.25. The van der Waals surface area contributed by atoms with E-state index in [1.54, 1.807) is 6.07 Å². The second kappa shape index (κ2) is 8.69. The minimum Gasteiger partial charge on any atom is -0.480 e. The molecule has 1 unspecified atom stereocenters. The summed E-state index contributed by atoms with van der Waals surface area (Å²) in [6.07, 6.45) is 12.9. The van der Waals surface area contributed by atoms with Gasteiger partial charge in [-0.3, -0.25) is 0 Å². The highest BCUT2D eigenvalue weighted by Gasteiger charge is 2.26. The Morgan fingerprint density at radius 3 is 2.83 bits per heavy atom. The lowest BCUT2D eigenvalue weighted by molar-refractivity contribution is 0.0591. The molecule has 0 saturated carbocycles. The van der Waals surface area contributed by atoms with E-state index in [0.29, 0.717) is 23.5 Å². The molecule has 2 aliphatic rings. The first-order chi connectivity index (χ1) is 14.3. The van der Waals surface area contributed by atoms with Crippen LogP contribution in [-0.4, -0.2) is 19.2 Å². The molecule has 0 saturated heterocycles. The van der Waals surface area contributed by atoms with Crippen LogP contribution in [0.3, 0.4) is 0 Å². The Bertz CT molecular complexity index is 1030. The third-order valence-corrected chi connectivity index (χ3v) is 4.93. The fraction of sp³-hybridized carbons (Fsp3) is 0.208. The predicted molar refractivity (Wildman–Crippen MR) is 110 cm³/mol. The maximum atomic E-state index is 12.4. The van der Waals surface area contributed by atoms with Crippen LogP contribution in [0.1, 0.15) is 29.6 Å². The smallest absolute Gasteiger partial charge is 0.341 e. The van der Waals surface area contributed by atoms with E-state index < -0.39 is 12.1 Å². The van der Waals surface area contributed by atoms with Crippen LogP contribution in [-0.2, 0) is 14.2 Å². The normalized spacial score (nSPS) is 16.3. The van der Waals surface area contributed by atoms with Gasteiger partial charge in [0.15, 0.2) is 11.9 Å². The molecule has 0 bridgehead atoms. The molecule has 0 aromatic heterocycles. The molecule has 1 aliphatic carbocycles. The van der Waals surface area contributed by atoms with Crippen LogP contribution >= 0.6 is 0 Å². The van der Waals surface area contributed by atoms with Gasteiger partial charge in [-0.25, -0.2) is 4.79 Å². The molecular formula is C24H22O5. The molecule has 4 rings (SSSR count). The van der Waals surface area contributed by atoms with Crippen LogP contribution in [0.2, 0.25) is 0 Å². The van der Waals surface area contributed by atoms with Crippen molar-refractivity contribution >= 4 is 16.7 Å². The van der Waals surface area contributed by atoms with Gasteiger partial charge in [-0.05, 0) is 24.3 Å². The molecule has 1 atom stereocenters. The number of fused-ring (bicyclic) bond motifs is 1. The van der Waals surface area contributed by atoms with Gasteiger partial charge in [-0.2, -0.15) is 0 Å². The quantitative estimate of drug-likeness (QED) is 0.618. The first-order valence-electron chi connectivity index (χ1n) is 9.55. The third-order valence-electron chi connectivity index (χ3n) is 4.93. The first-order valence-corrected chi connectivity index (χ1v) is 9.55. The molecule has 0 amide bonds. The zero-order valence-electron chi connectivity index (χ0n) is 16.2. The van der Waals surface area contributed by atoms with Crippen molar-refractivity contribution in [2.45, 2.75) is 25.4 Å². The molecule has 0 N–H and O–H groups in total. The number of esters is 1. The highest BCUT2D eigenvalue weighted by atomic mass is 16.6. The van der Waals surface area contributed by atoms with E-state index in [4.69, 9.17) is 18.9 Å². The van der Waals surface area contributed by atoms with Gasteiger partial charge in [-0.1, -0.05) is 54.1 Å². The second-order valence-corrected chi connectivity index (χ2v) is 6.80. The lowest BCUT2D eigenvalue weighted by Crippen LogP contribution is -2.24. The summed E-state index contributed by atoms with van der Waals surface area (Å²) in [7, 11) is 1.36. The van der Waals surface area contributed by atoms with E-state index in [1.807, 2.05) is 30.3 Å². The number of hydrogen-bond acceptors (Lipinski definition) is 5. The summed E-state index contributed by atoms with van der Waals surface area (Å²) in [5.74, 6) is 0.580. The van der Waals surface area contributed by atoms with Crippen LogP contribution in [0.5, 0.6) is 5.75 Å². The number of hydrogen-bond donors (Lipinski definition) is 0. The topological polar surface area (TPSA) is 54.0 Å². The number of methoxy groups -OCH3 is 1. The Kier molecular flexibility index (Phi) is 5.66. The number of benzene rings is 2. The number of carbonyl (C=O) groups is 1. The maximum Gasteiger partial charge on any atom is 0.341 e. The molecule has 2 aromatic carbocycles. The summed E-state index contributed by atoms with van der Waals surface area (Å²) >= 11 is 0. The standard InChI is InChI=1S/C24H22O5/c1-26-24(25)20-12-11-18-9-5-6-10-19(18)23(20)29-21(22-16-27-13-14-28-22)15-17-7-3-2-4-8-17/h2-3,5-7,9-14,16,21H,4,8,15H2,1H3. The van der Waals surface area contributed by atoms with Crippen molar-refractivity contribution in [1.82, 2.24) is 0 Å². The number of carbonyl (C=O) groups excluding carboxylic acids is 1. The van der Waals surface area contributed by atoms with E-state index in [9.17, 15) is 4.79 Å². The number of rotatable bonds is 6. The minimum atomic E-state index is -0.452. The molecule has 148 valence electrons. The zero-order valence-corrected chi connectivity index (χ0v) is 16.2. The third kappa shape index (κ3) is 4.19. The van der Waals surface area contributed by atoms with Crippen molar-refractivity contribution < 1.29 is 23.7 Å². The van der Waals surface area contributed by atoms with E-state index in [1.165, 1.54) is 31.5 Å². The molecule has 0 spiro atoms. The SMILES string of the molecule is COC(=O)c1ccc2ccccc2c1OC(CC1=CC=CCC1)C1=COC=CO1. The molecule has 29 heavy (non-hydrogen) atoms. The van der Waals surface area contributed by atoms with Gasteiger partial charge in [0.25, 0.3) is 0 Å². The van der Waals surface area contributed by atoms with Crippen molar-refractivity contribution in [3.8, 4) is 5.75 Å². The predicted octanol–water partition coefficient (Wildman–Crippen LogP) is 5.40. The van der Waals surface area contributed by atoms with Crippen LogP contribution in [0.15, 0.2) is 84.7 Å². The van der Waals surface area contributed by atoms with Crippen LogP contribution in [0.4, 0.5) is 0 Å². The van der Waals surface area contributed by atoms with E-state index in [2.05, 4.69) is 18.2 Å². The maximum absolute atomic E-state index is 12.4. The summed E-state index contributed by atoms with van der Waals surface area (Å²) in [6, 6.07) is 11.4. The van der Waals surface area contributed by atoms with Crippen LogP contribution < -0.4 is 4.74 Å². The average Bonchev–Trinajstić information content (AvgIpc) is 2.79. The molecule has 0 fully saturated rings. The molecule has 1 aliphatic heterocycles. The fourth-order valence-corrected chi connectivity index (χ4v) is 3.47. The van der Waals surface area contributed by atoms with E-state index in [-0.39, 0.29) is 0 Å². The Morgan fingerprint density at radius 1 is 1.17 bits per heavy atom. The van der Waals surface area contributed by atoms with Crippen LogP contribution in [0, 0.1) is 0 Å². The van der Waals surface area contributed by atoms with E-state index >= 15 is 0 Å². The van der Waals surface area contributed by atoms with Crippen molar-refractivity contribution in [1.29, 1.82) is 0 Å². The van der Waals surface area contributed by atoms with Crippen LogP contribution in [0.25, 0.3) is 10.8 Å². The summed E-state index contributed by atoms with van der Waals surface area (Å²) in [5.41, 5.74) is 1.62. The first kappa shape index (κ1) is 18.9. The lowest BCUT2D eigenvalue weighted by atomic mass is 9.98. The average molecular weight is 390 g/mol. The minimum absolute atomic E-state index is 0.376. The molecular weight excluding hydrogens is 368 g/mol. The highest BCUT2D eigenvalue weighted by Crippen LogP contribution is 2.34. The summed E-state index contributed by atoms with van der Waals surface area (Å²) in [6.45, 7) is 0. The zero-order chi connectivity index (χ0) is 20.1. The molecule has 5 heteroatoms. The van der Waals surface area contributed by atoms with E-state index in [0.717, 1.165) is 23.6 Å². The van der Waals surface area contributed by atoms with Crippen molar-refractivity contribution in [3.05, 3.63) is 90.3 Å².